The Morgan fingerprint density at radius 3 is 2.47 bits per heavy atom. The van der Waals surface area contributed by atoms with Crippen molar-refractivity contribution in [3.63, 3.8) is 0 Å². The van der Waals surface area contributed by atoms with E-state index in [9.17, 15) is 18.7 Å². The highest BCUT2D eigenvalue weighted by Crippen LogP contribution is 2.45. The number of carbonyl (C=O) groups is 1. The molecule has 0 saturated heterocycles. The lowest BCUT2D eigenvalue weighted by Gasteiger charge is -2.40. The molecule has 3 atom stereocenters. The molecule has 4 rings (SSSR count). The maximum atomic E-state index is 14.1. The van der Waals surface area contributed by atoms with E-state index < -0.39 is 35.3 Å². The van der Waals surface area contributed by atoms with Gasteiger partial charge in [0.15, 0.2) is 5.72 Å². The fourth-order valence-electron chi connectivity index (χ4n) is 5.21. The number of aryl methyl sites for hydroxylation is 1. The molecule has 38 heavy (non-hydrogen) atoms. The van der Waals surface area contributed by atoms with E-state index in [1.165, 1.54) is 17.7 Å². The van der Waals surface area contributed by atoms with Crippen molar-refractivity contribution in [2.24, 2.45) is 11.7 Å². The second-order valence-electron chi connectivity index (χ2n) is 9.90. The van der Waals surface area contributed by atoms with Crippen LogP contribution >= 0.6 is 0 Å². The number of amides is 1. The van der Waals surface area contributed by atoms with Gasteiger partial charge in [-0.15, -0.1) is 0 Å². The van der Waals surface area contributed by atoms with Gasteiger partial charge in [0.05, 0.1) is 11.8 Å². The van der Waals surface area contributed by atoms with E-state index in [1.54, 1.807) is 18.2 Å². The van der Waals surface area contributed by atoms with E-state index in [4.69, 9.17) is 10.5 Å². The highest BCUT2D eigenvalue weighted by atomic mass is 19.1. The van der Waals surface area contributed by atoms with Gasteiger partial charge in [0.1, 0.15) is 17.4 Å². The SMILES string of the molecule is CCCC1([C@@H](Cc2cc(F)cc(F)c2)[C@@H](O)CNCc2cccc(CC)c2)Nc2ccc(C(N)=O)cc2O1. The number of benzene rings is 3. The van der Waals surface area contributed by atoms with Gasteiger partial charge in [0.2, 0.25) is 5.91 Å². The van der Waals surface area contributed by atoms with Gasteiger partial charge in [0.25, 0.3) is 0 Å². The molecule has 3 aromatic rings. The summed E-state index contributed by atoms with van der Waals surface area (Å²) in [5, 5.41) is 18.3. The molecule has 0 aliphatic carbocycles. The highest BCUT2D eigenvalue weighted by Gasteiger charge is 2.48. The fraction of sp³-hybridized carbons (Fsp3) is 0.367. The van der Waals surface area contributed by atoms with Crippen molar-refractivity contribution in [2.45, 2.75) is 57.9 Å². The smallest absolute Gasteiger partial charge is 0.248 e. The van der Waals surface area contributed by atoms with Crippen LogP contribution in [0, 0.1) is 17.6 Å². The molecule has 1 amide bonds. The van der Waals surface area contributed by atoms with Crippen molar-refractivity contribution in [3.8, 4) is 5.75 Å². The first-order valence-corrected chi connectivity index (χ1v) is 13.1. The zero-order chi connectivity index (χ0) is 27.3. The summed E-state index contributed by atoms with van der Waals surface area (Å²) < 4.78 is 34.6. The van der Waals surface area contributed by atoms with Gasteiger partial charge in [-0.2, -0.15) is 0 Å². The molecule has 1 unspecified atom stereocenters. The van der Waals surface area contributed by atoms with Crippen LogP contribution in [-0.4, -0.2) is 29.4 Å². The Balaban J connectivity index is 1.61. The number of nitrogens with two attached hydrogens (primary N) is 1. The molecule has 1 aliphatic rings. The number of nitrogens with one attached hydrogen (secondary N) is 2. The lowest BCUT2D eigenvalue weighted by Crippen LogP contribution is -2.55. The first kappa shape index (κ1) is 27.5. The Bertz CT molecular complexity index is 1270. The van der Waals surface area contributed by atoms with Crippen molar-refractivity contribution in [2.75, 3.05) is 11.9 Å². The van der Waals surface area contributed by atoms with Crippen LogP contribution < -0.4 is 21.1 Å². The van der Waals surface area contributed by atoms with Crippen LogP contribution in [0.2, 0.25) is 0 Å². The van der Waals surface area contributed by atoms with E-state index in [2.05, 4.69) is 29.7 Å². The first-order valence-electron chi connectivity index (χ1n) is 13.1. The lowest BCUT2D eigenvalue weighted by molar-refractivity contribution is -0.0298. The Kier molecular flexibility index (Phi) is 8.64. The Labute approximate surface area is 222 Å². The Morgan fingerprint density at radius 2 is 1.79 bits per heavy atom. The number of hydrogen-bond acceptors (Lipinski definition) is 5. The molecule has 0 fully saturated rings. The molecule has 0 radical (unpaired) electrons. The number of ether oxygens (including phenoxy) is 1. The van der Waals surface area contributed by atoms with Gasteiger partial charge in [0, 0.05) is 37.1 Å². The maximum absolute atomic E-state index is 14.1. The van der Waals surface area contributed by atoms with Gasteiger partial charge >= 0.3 is 0 Å². The number of aliphatic hydroxyl groups is 1. The molecule has 3 aromatic carbocycles. The first-order chi connectivity index (χ1) is 18.2. The predicted molar refractivity (Wildman–Crippen MR) is 144 cm³/mol. The summed E-state index contributed by atoms with van der Waals surface area (Å²) >= 11 is 0. The van der Waals surface area contributed by atoms with Gasteiger partial charge < -0.3 is 26.2 Å². The summed E-state index contributed by atoms with van der Waals surface area (Å²) in [5.41, 5.74) is 8.10. The normalized spacial score (nSPS) is 17.8. The summed E-state index contributed by atoms with van der Waals surface area (Å²) in [7, 11) is 0. The number of anilines is 1. The molecule has 202 valence electrons. The van der Waals surface area contributed by atoms with Crippen LogP contribution in [0.25, 0.3) is 0 Å². The average Bonchev–Trinajstić information content (AvgIpc) is 3.25. The van der Waals surface area contributed by atoms with E-state index in [1.807, 2.05) is 19.1 Å². The Morgan fingerprint density at radius 1 is 1.05 bits per heavy atom. The molecule has 1 heterocycles. The number of aliphatic hydroxyl groups excluding tert-OH is 1. The molecule has 0 saturated carbocycles. The molecule has 0 aromatic heterocycles. The number of primary amides is 1. The summed E-state index contributed by atoms with van der Waals surface area (Å²) in [6, 6.07) is 16.5. The summed E-state index contributed by atoms with van der Waals surface area (Å²) in [6.07, 6.45) is 1.38. The van der Waals surface area contributed by atoms with E-state index >= 15 is 0 Å². The molecule has 0 bridgehead atoms. The van der Waals surface area contributed by atoms with Crippen LogP contribution in [0.5, 0.6) is 5.75 Å². The zero-order valence-corrected chi connectivity index (χ0v) is 21.8. The van der Waals surface area contributed by atoms with Crippen LogP contribution in [0.4, 0.5) is 14.5 Å². The molecular formula is C30H35F2N3O3. The van der Waals surface area contributed by atoms with Gasteiger partial charge in [-0.1, -0.05) is 44.5 Å². The monoisotopic (exact) mass is 523 g/mol. The molecular weight excluding hydrogens is 488 g/mol. The van der Waals surface area contributed by atoms with Crippen LogP contribution in [0.1, 0.15) is 53.7 Å². The zero-order valence-electron chi connectivity index (χ0n) is 21.8. The van der Waals surface area contributed by atoms with Crippen molar-refractivity contribution < 1.29 is 23.4 Å². The topological polar surface area (TPSA) is 96.6 Å². The highest BCUT2D eigenvalue weighted by molar-refractivity contribution is 5.94. The minimum absolute atomic E-state index is 0.159. The Hall–Kier alpha value is -3.49. The molecule has 5 N–H and O–H groups in total. The van der Waals surface area contributed by atoms with Crippen LogP contribution in [0.3, 0.4) is 0 Å². The van der Waals surface area contributed by atoms with Crippen molar-refractivity contribution in [3.05, 3.63) is 94.6 Å². The standard InChI is InChI=1S/C30H35F2N3O3/c1-3-10-30(35-26-9-8-22(29(33)37)15-28(26)38-30)25(14-21-12-23(31)16-24(32)13-21)27(36)18-34-17-20-7-5-6-19(4-2)11-20/h5-9,11-13,15-16,25,27,34-36H,3-4,10,14,17-18H2,1-2H3,(H2,33,37)/t25-,27-,30?/m0/s1. The van der Waals surface area contributed by atoms with Crippen molar-refractivity contribution in [1.29, 1.82) is 0 Å². The predicted octanol–water partition coefficient (Wildman–Crippen LogP) is 4.94. The van der Waals surface area contributed by atoms with Crippen molar-refractivity contribution in [1.82, 2.24) is 5.32 Å². The third kappa shape index (κ3) is 6.31. The minimum atomic E-state index is -1.07. The number of rotatable bonds is 12. The maximum Gasteiger partial charge on any atom is 0.248 e. The largest absolute Gasteiger partial charge is 0.466 e. The summed E-state index contributed by atoms with van der Waals surface area (Å²) in [6.45, 7) is 4.89. The van der Waals surface area contributed by atoms with Gasteiger partial charge in [-0.05, 0) is 59.9 Å². The third-order valence-electron chi connectivity index (χ3n) is 7.05. The lowest BCUT2D eigenvalue weighted by atomic mass is 9.81. The number of carbonyl (C=O) groups excluding carboxylic acids is 1. The molecule has 1 aliphatic heterocycles. The van der Waals surface area contributed by atoms with Crippen LogP contribution in [-0.2, 0) is 19.4 Å². The van der Waals surface area contributed by atoms with E-state index in [0.29, 0.717) is 42.0 Å². The quantitative estimate of drug-likeness (QED) is 0.270. The van der Waals surface area contributed by atoms with Gasteiger partial charge in [-0.25, -0.2) is 8.78 Å². The fourth-order valence-corrected chi connectivity index (χ4v) is 5.21. The van der Waals surface area contributed by atoms with Gasteiger partial charge in [-0.3, -0.25) is 4.79 Å². The second-order valence-corrected chi connectivity index (χ2v) is 9.90. The number of hydrogen-bond donors (Lipinski definition) is 4. The molecule has 6 nitrogen and oxygen atoms in total. The van der Waals surface area contributed by atoms with Crippen molar-refractivity contribution >= 4 is 11.6 Å². The molecule has 8 heteroatoms. The second kappa shape index (κ2) is 11.9. The minimum Gasteiger partial charge on any atom is -0.466 e. The van der Waals surface area contributed by atoms with E-state index in [0.717, 1.165) is 18.1 Å². The third-order valence-corrected chi connectivity index (χ3v) is 7.05. The van der Waals surface area contributed by atoms with Crippen LogP contribution in [0.15, 0.2) is 60.7 Å². The average molecular weight is 524 g/mol. The van der Waals surface area contributed by atoms with E-state index in [-0.39, 0.29) is 13.0 Å². The number of fused-ring (bicyclic) bond motifs is 1. The number of halogens is 2. The summed E-state index contributed by atoms with van der Waals surface area (Å²) in [4.78, 5) is 11.7. The molecule has 0 spiro atoms. The summed E-state index contributed by atoms with van der Waals surface area (Å²) in [5.74, 6) is -2.08.